The SMILES string of the molecule is C[C@H]1CC[C@@H](C2=Nc3ccc(Br)cc3C2)N1C(=O)OC(C)(C)C. The number of halogens is 1. The zero-order valence-corrected chi connectivity index (χ0v) is 15.7. The number of hydrogen-bond acceptors (Lipinski definition) is 3. The Morgan fingerprint density at radius 3 is 2.78 bits per heavy atom. The van der Waals surface area contributed by atoms with Crippen molar-refractivity contribution in [1.82, 2.24) is 4.90 Å². The molecule has 23 heavy (non-hydrogen) atoms. The largest absolute Gasteiger partial charge is 0.444 e. The van der Waals surface area contributed by atoms with Crippen LogP contribution in [0, 0.1) is 0 Å². The molecule has 0 aliphatic carbocycles. The minimum absolute atomic E-state index is 0.0472. The molecule has 1 saturated heterocycles. The molecule has 2 aliphatic heterocycles. The molecular formula is C18H23BrN2O2. The first-order valence-electron chi connectivity index (χ1n) is 8.12. The van der Waals surface area contributed by atoms with Crippen molar-refractivity contribution in [2.24, 2.45) is 4.99 Å². The average Bonchev–Trinajstić information content (AvgIpc) is 2.99. The Kier molecular flexibility index (Phi) is 4.25. The van der Waals surface area contributed by atoms with E-state index in [1.54, 1.807) is 0 Å². The summed E-state index contributed by atoms with van der Waals surface area (Å²) >= 11 is 3.51. The van der Waals surface area contributed by atoms with Gasteiger partial charge in [-0.05, 0) is 64.3 Å². The summed E-state index contributed by atoms with van der Waals surface area (Å²) in [7, 11) is 0. The highest BCUT2D eigenvalue weighted by Gasteiger charge is 2.40. The monoisotopic (exact) mass is 378 g/mol. The Labute approximate surface area is 146 Å². The Balaban J connectivity index is 1.81. The smallest absolute Gasteiger partial charge is 0.411 e. The first-order valence-corrected chi connectivity index (χ1v) is 8.91. The summed E-state index contributed by atoms with van der Waals surface area (Å²) in [5.74, 6) is 0. The van der Waals surface area contributed by atoms with Crippen LogP contribution in [0.3, 0.4) is 0 Å². The molecule has 0 N–H and O–H groups in total. The van der Waals surface area contributed by atoms with E-state index < -0.39 is 5.60 Å². The van der Waals surface area contributed by atoms with E-state index in [1.807, 2.05) is 37.8 Å². The molecule has 0 unspecified atom stereocenters. The number of aliphatic imine (C=N–C) groups is 1. The van der Waals surface area contributed by atoms with Crippen molar-refractivity contribution >= 4 is 33.4 Å². The van der Waals surface area contributed by atoms with Gasteiger partial charge >= 0.3 is 6.09 Å². The van der Waals surface area contributed by atoms with Crippen LogP contribution in [0.2, 0.25) is 0 Å². The van der Waals surface area contributed by atoms with Crippen LogP contribution < -0.4 is 0 Å². The van der Waals surface area contributed by atoms with Gasteiger partial charge in [-0.1, -0.05) is 15.9 Å². The number of likely N-dealkylation sites (tertiary alicyclic amines) is 1. The van der Waals surface area contributed by atoms with Crippen LogP contribution in [0.15, 0.2) is 27.7 Å². The number of carbonyl (C=O) groups excluding carboxylic acids is 1. The third-order valence-electron chi connectivity index (χ3n) is 4.33. The van der Waals surface area contributed by atoms with E-state index in [4.69, 9.17) is 9.73 Å². The molecule has 4 nitrogen and oxygen atoms in total. The Bertz CT molecular complexity index is 663. The fourth-order valence-corrected chi connectivity index (χ4v) is 3.73. The lowest BCUT2D eigenvalue weighted by Crippen LogP contribution is -2.46. The van der Waals surface area contributed by atoms with Crippen molar-refractivity contribution in [3.05, 3.63) is 28.2 Å². The second-order valence-electron chi connectivity index (χ2n) is 7.38. The maximum Gasteiger partial charge on any atom is 0.411 e. The molecule has 2 heterocycles. The lowest BCUT2D eigenvalue weighted by atomic mass is 10.0. The van der Waals surface area contributed by atoms with Crippen LogP contribution in [0.1, 0.15) is 46.1 Å². The molecule has 5 heteroatoms. The van der Waals surface area contributed by atoms with E-state index >= 15 is 0 Å². The highest BCUT2D eigenvalue weighted by molar-refractivity contribution is 9.10. The summed E-state index contributed by atoms with van der Waals surface area (Å²) in [4.78, 5) is 19.3. The number of benzene rings is 1. The molecule has 1 amide bonds. The van der Waals surface area contributed by atoms with Gasteiger partial charge in [0, 0.05) is 22.6 Å². The molecule has 0 radical (unpaired) electrons. The predicted octanol–water partition coefficient (Wildman–Crippen LogP) is 4.87. The molecule has 3 rings (SSSR count). The number of rotatable bonds is 1. The van der Waals surface area contributed by atoms with Crippen LogP contribution in [0.4, 0.5) is 10.5 Å². The zero-order chi connectivity index (χ0) is 16.8. The minimum Gasteiger partial charge on any atom is -0.444 e. The van der Waals surface area contributed by atoms with Crippen LogP contribution in [-0.2, 0) is 11.2 Å². The molecule has 1 fully saturated rings. The topological polar surface area (TPSA) is 41.9 Å². The average molecular weight is 379 g/mol. The number of ether oxygens (including phenoxy) is 1. The van der Waals surface area contributed by atoms with Crippen molar-refractivity contribution in [2.75, 3.05) is 0 Å². The maximum absolute atomic E-state index is 12.6. The van der Waals surface area contributed by atoms with E-state index in [0.29, 0.717) is 0 Å². The fourth-order valence-electron chi connectivity index (χ4n) is 3.32. The van der Waals surface area contributed by atoms with Gasteiger partial charge in [-0.25, -0.2) is 4.79 Å². The third kappa shape index (κ3) is 3.44. The lowest BCUT2D eigenvalue weighted by Gasteiger charge is -2.31. The zero-order valence-electron chi connectivity index (χ0n) is 14.1. The number of carbonyl (C=O) groups is 1. The van der Waals surface area contributed by atoms with Crippen molar-refractivity contribution in [3.8, 4) is 0 Å². The molecule has 1 aromatic carbocycles. The van der Waals surface area contributed by atoms with Gasteiger partial charge in [0.2, 0.25) is 0 Å². The Morgan fingerprint density at radius 2 is 2.09 bits per heavy atom. The normalized spacial score (nSPS) is 23.7. The minimum atomic E-state index is -0.477. The van der Waals surface area contributed by atoms with Gasteiger partial charge in [0.05, 0.1) is 11.7 Å². The summed E-state index contributed by atoms with van der Waals surface area (Å²) in [6.07, 6.45) is 2.52. The van der Waals surface area contributed by atoms with Crippen LogP contribution in [-0.4, -0.2) is 34.4 Å². The highest BCUT2D eigenvalue weighted by atomic mass is 79.9. The molecule has 2 atom stereocenters. The van der Waals surface area contributed by atoms with Crippen molar-refractivity contribution in [3.63, 3.8) is 0 Å². The Hall–Kier alpha value is -1.36. The number of hydrogen-bond donors (Lipinski definition) is 0. The van der Waals surface area contributed by atoms with Crippen molar-refractivity contribution < 1.29 is 9.53 Å². The van der Waals surface area contributed by atoms with Crippen molar-refractivity contribution in [2.45, 2.75) is 64.6 Å². The summed E-state index contributed by atoms with van der Waals surface area (Å²) in [6.45, 7) is 7.80. The fraction of sp³-hybridized carbons (Fsp3) is 0.556. The second-order valence-corrected chi connectivity index (χ2v) is 8.30. The van der Waals surface area contributed by atoms with Crippen LogP contribution >= 0.6 is 15.9 Å². The molecule has 2 aliphatic rings. The standard InChI is InChI=1S/C18H23BrN2O2/c1-11-5-8-16(21(11)17(22)23-18(2,3)4)15-10-12-9-13(19)6-7-14(12)20-15/h6-7,9,11,16H,5,8,10H2,1-4H3/t11-,16-/m0/s1. The molecule has 1 aromatic rings. The van der Waals surface area contributed by atoms with Crippen LogP contribution in [0.25, 0.3) is 0 Å². The molecule has 0 bridgehead atoms. The van der Waals surface area contributed by atoms with Gasteiger partial charge in [-0.3, -0.25) is 9.89 Å². The van der Waals surface area contributed by atoms with E-state index in [9.17, 15) is 4.79 Å². The van der Waals surface area contributed by atoms with Gasteiger partial charge in [0.15, 0.2) is 0 Å². The molecule has 0 saturated carbocycles. The quantitative estimate of drug-likeness (QED) is 0.699. The van der Waals surface area contributed by atoms with Gasteiger partial charge < -0.3 is 4.74 Å². The van der Waals surface area contributed by atoms with Gasteiger partial charge in [0.25, 0.3) is 0 Å². The van der Waals surface area contributed by atoms with E-state index in [-0.39, 0.29) is 18.2 Å². The van der Waals surface area contributed by atoms with E-state index in [2.05, 4.69) is 28.9 Å². The lowest BCUT2D eigenvalue weighted by molar-refractivity contribution is 0.0205. The molecule has 124 valence electrons. The summed E-state index contributed by atoms with van der Waals surface area (Å²) in [6, 6.07) is 6.39. The third-order valence-corrected chi connectivity index (χ3v) is 4.83. The second kappa shape index (κ2) is 5.93. The number of amides is 1. The molecular weight excluding hydrogens is 356 g/mol. The van der Waals surface area contributed by atoms with Gasteiger partial charge in [-0.15, -0.1) is 0 Å². The van der Waals surface area contributed by atoms with Gasteiger partial charge in [0.1, 0.15) is 5.60 Å². The molecule has 0 spiro atoms. The molecule has 0 aromatic heterocycles. The number of fused-ring (bicyclic) bond motifs is 1. The van der Waals surface area contributed by atoms with Gasteiger partial charge in [-0.2, -0.15) is 0 Å². The summed E-state index contributed by atoms with van der Waals surface area (Å²) in [5, 5.41) is 0. The van der Waals surface area contributed by atoms with E-state index in [1.165, 1.54) is 5.56 Å². The Morgan fingerprint density at radius 1 is 1.35 bits per heavy atom. The maximum atomic E-state index is 12.6. The highest BCUT2D eigenvalue weighted by Crippen LogP contribution is 2.35. The van der Waals surface area contributed by atoms with Crippen LogP contribution in [0.5, 0.6) is 0 Å². The predicted molar refractivity (Wildman–Crippen MR) is 95.5 cm³/mol. The van der Waals surface area contributed by atoms with Crippen molar-refractivity contribution in [1.29, 1.82) is 0 Å². The van der Waals surface area contributed by atoms with E-state index in [0.717, 1.165) is 35.1 Å². The first-order chi connectivity index (χ1) is 10.7. The summed E-state index contributed by atoms with van der Waals surface area (Å²) < 4.78 is 6.67. The number of nitrogens with zero attached hydrogens (tertiary/aromatic N) is 2. The summed E-state index contributed by atoms with van der Waals surface area (Å²) in [5.41, 5.74) is 2.84. The first kappa shape index (κ1) is 16.5.